The molecule has 3 unspecified atom stereocenters. The van der Waals surface area contributed by atoms with Crippen LogP contribution in [0.1, 0.15) is 32.6 Å². The van der Waals surface area contributed by atoms with Gasteiger partial charge in [-0.05, 0) is 57.2 Å². The maximum absolute atomic E-state index is 3.68. The van der Waals surface area contributed by atoms with Crippen LogP contribution in [0.15, 0.2) is 0 Å². The van der Waals surface area contributed by atoms with Gasteiger partial charge in [-0.25, -0.2) is 0 Å². The summed E-state index contributed by atoms with van der Waals surface area (Å²) in [5.74, 6) is 1.84. The van der Waals surface area contributed by atoms with Gasteiger partial charge >= 0.3 is 0 Å². The predicted molar refractivity (Wildman–Crippen MR) is 55.8 cm³/mol. The molecular formula is C11H22N2. The van der Waals surface area contributed by atoms with Crippen molar-refractivity contribution in [2.24, 2.45) is 11.8 Å². The standard InChI is InChI=1S/C11H22N2/c1-9-4-6-13-11(7-9)10-3-2-5-12-8-10/h9-13H,2-8H2,1H3. The van der Waals surface area contributed by atoms with Crippen molar-refractivity contribution < 1.29 is 0 Å². The molecule has 3 atom stereocenters. The quantitative estimate of drug-likeness (QED) is 0.640. The van der Waals surface area contributed by atoms with Crippen LogP contribution < -0.4 is 10.6 Å². The Morgan fingerprint density at radius 1 is 1.15 bits per heavy atom. The lowest BCUT2D eigenvalue weighted by Gasteiger charge is -2.36. The van der Waals surface area contributed by atoms with Crippen molar-refractivity contribution in [3.8, 4) is 0 Å². The Hall–Kier alpha value is -0.0800. The van der Waals surface area contributed by atoms with E-state index in [-0.39, 0.29) is 0 Å². The molecule has 13 heavy (non-hydrogen) atoms. The molecule has 2 saturated heterocycles. The molecule has 2 aliphatic heterocycles. The summed E-state index contributed by atoms with van der Waals surface area (Å²) in [5.41, 5.74) is 0. The highest BCUT2D eigenvalue weighted by Crippen LogP contribution is 2.24. The van der Waals surface area contributed by atoms with Gasteiger partial charge in [0.15, 0.2) is 0 Å². The van der Waals surface area contributed by atoms with E-state index in [0.29, 0.717) is 0 Å². The molecule has 0 spiro atoms. The Morgan fingerprint density at radius 2 is 2.08 bits per heavy atom. The van der Waals surface area contributed by atoms with Gasteiger partial charge in [-0.2, -0.15) is 0 Å². The first kappa shape index (κ1) is 9.47. The first-order chi connectivity index (χ1) is 6.36. The summed E-state index contributed by atoms with van der Waals surface area (Å²) in [6.07, 6.45) is 5.57. The lowest BCUT2D eigenvalue weighted by Crippen LogP contribution is -2.47. The van der Waals surface area contributed by atoms with E-state index in [9.17, 15) is 0 Å². The van der Waals surface area contributed by atoms with Crippen LogP contribution in [0.2, 0.25) is 0 Å². The highest BCUT2D eigenvalue weighted by molar-refractivity contribution is 4.85. The molecule has 2 nitrogen and oxygen atoms in total. The Bertz CT molecular complexity index is 152. The zero-order chi connectivity index (χ0) is 9.10. The van der Waals surface area contributed by atoms with Gasteiger partial charge in [-0.1, -0.05) is 6.92 Å². The van der Waals surface area contributed by atoms with Crippen LogP contribution in [-0.2, 0) is 0 Å². The normalized spacial score (nSPS) is 41.8. The Balaban J connectivity index is 1.83. The monoisotopic (exact) mass is 182 g/mol. The molecule has 2 heterocycles. The topological polar surface area (TPSA) is 24.1 Å². The predicted octanol–water partition coefficient (Wildman–Crippen LogP) is 1.37. The molecule has 0 aromatic carbocycles. The summed E-state index contributed by atoms with van der Waals surface area (Å²) in [6.45, 7) is 6.11. The van der Waals surface area contributed by atoms with Crippen LogP contribution in [-0.4, -0.2) is 25.7 Å². The van der Waals surface area contributed by atoms with Crippen molar-refractivity contribution in [3.05, 3.63) is 0 Å². The van der Waals surface area contributed by atoms with Crippen molar-refractivity contribution >= 4 is 0 Å². The number of nitrogens with one attached hydrogen (secondary N) is 2. The van der Waals surface area contributed by atoms with Crippen LogP contribution >= 0.6 is 0 Å². The Labute approximate surface area is 81.5 Å². The van der Waals surface area contributed by atoms with Crippen molar-refractivity contribution in [3.63, 3.8) is 0 Å². The number of hydrogen-bond donors (Lipinski definition) is 2. The summed E-state index contributed by atoms with van der Waals surface area (Å²) in [5, 5.41) is 7.19. The highest BCUT2D eigenvalue weighted by Gasteiger charge is 2.26. The van der Waals surface area contributed by atoms with Gasteiger partial charge in [0.2, 0.25) is 0 Å². The van der Waals surface area contributed by atoms with E-state index in [1.165, 1.54) is 45.3 Å². The van der Waals surface area contributed by atoms with Crippen LogP contribution in [0.4, 0.5) is 0 Å². The fraction of sp³-hybridized carbons (Fsp3) is 1.00. The van der Waals surface area contributed by atoms with Crippen LogP contribution in [0.5, 0.6) is 0 Å². The van der Waals surface area contributed by atoms with E-state index < -0.39 is 0 Å². The molecule has 0 amide bonds. The molecular weight excluding hydrogens is 160 g/mol. The number of hydrogen-bond acceptors (Lipinski definition) is 2. The van der Waals surface area contributed by atoms with E-state index >= 15 is 0 Å². The van der Waals surface area contributed by atoms with Gasteiger partial charge in [0.25, 0.3) is 0 Å². The molecule has 2 heteroatoms. The summed E-state index contributed by atoms with van der Waals surface area (Å²) in [6, 6.07) is 0.802. The number of rotatable bonds is 1. The molecule has 0 radical (unpaired) electrons. The van der Waals surface area contributed by atoms with Crippen LogP contribution in [0.25, 0.3) is 0 Å². The molecule has 0 saturated carbocycles. The highest BCUT2D eigenvalue weighted by atomic mass is 15.0. The summed E-state index contributed by atoms with van der Waals surface area (Å²) >= 11 is 0. The average Bonchev–Trinajstić information content (AvgIpc) is 2.19. The Kier molecular flexibility index (Phi) is 3.23. The van der Waals surface area contributed by atoms with E-state index in [1.54, 1.807) is 0 Å². The van der Waals surface area contributed by atoms with E-state index in [4.69, 9.17) is 0 Å². The maximum atomic E-state index is 3.68. The largest absolute Gasteiger partial charge is 0.316 e. The molecule has 0 aromatic rings. The lowest BCUT2D eigenvalue weighted by molar-refractivity contribution is 0.214. The molecule has 2 aliphatic rings. The molecule has 2 N–H and O–H groups in total. The third-order valence-electron chi connectivity index (χ3n) is 3.60. The first-order valence-electron chi connectivity index (χ1n) is 5.80. The molecule has 2 fully saturated rings. The van der Waals surface area contributed by atoms with Crippen molar-refractivity contribution in [2.45, 2.75) is 38.6 Å². The van der Waals surface area contributed by atoms with E-state index in [2.05, 4.69) is 17.6 Å². The molecule has 76 valence electrons. The first-order valence-corrected chi connectivity index (χ1v) is 5.80. The van der Waals surface area contributed by atoms with Gasteiger partial charge in [-0.15, -0.1) is 0 Å². The molecule has 0 aliphatic carbocycles. The van der Waals surface area contributed by atoms with Crippen molar-refractivity contribution in [2.75, 3.05) is 19.6 Å². The molecule has 0 bridgehead atoms. The van der Waals surface area contributed by atoms with Gasteiger partial charge in [0.1, 0.15) is 0 Å². The average molecular weight is 182 g/mol. The SMILES string of the molecule is CC1CCNC(C2CCCNC2)C1. The van der Waals surface area contributed by atoms with Gasteiger partial charge in [0.05, 0.1) is 0 Å². The summed E-state index contributed by atoms with van der Waals surface area (Å²) in [4.78, 5) is 0. The minimum atomic E-state index is 0.802. The zero-order valence-corrected chi connectivity index (χ0v) is 8.68. The third-order valence-corrected chi connectivity index (χ3v) is 3.60. The van der Waals surface area contributed by atoms with E-state index in [0.717, 1.165) is 17.9 Å². The van der Waals surface area contributed by atoms with Crippen molar-refractivity contribution in [1.29, 1.82) is 0 Å². The summed E-state index contributed by atoms with van der Waals surface area (Å²) < 4.78 is 0. The van der Waals surface area contributed by atoms with Gasteiger partial charge < -0.3 is 10.6 Å². The smallest absolute Gasteiger partial charge is 0.0110 e. The summed E-state index contributed by atoms with van der Waals surface area (Å²) in [7, 11) is 0. The van der Waals surface area contributed by atoms with Crippen LogP contribution in [0, 0.1) is 11.8 Å². The Morgan fingerprint density at radius 3 is 2.77 bits per heavy atom. The molecule has 0 aromatic heterocycles. The lowest BCUT2D eigenvalue weighted by atomic mass is 9.83. The van der Waals surface area contributed by atoms with Crippen molar-refractivity contribution in [1.82, 2.24) is 10.6 Å². The maximum Gasteiger partial charge on any atom is 0.0110 e. The van der Waals surface area contributed by atoms with Gasteiger partial charge in [-0.3, -0.25) is 0 Å². The minimum Gasteiger partial charge on any atom is -0.316 e. The zero-order valence-electron chi connectivity index (χ0n) is 8.68. The molecule has 2 rings (SSSR count). The second-order valence-electron chi connectivity index (χ2n) is 4.80. The second-order valence-corrected chi connectivity index (χ2v) is 4.80. The minimum absolute atomic E-state index is 0.802. The van der Waals surface area contributed by atoms with E-state index in [1.807, 2.05) is 0 Å². The number of piperidine rings is 2. The third kappa shape index (κ3) is 2.44. The second kappa shape index (κ2) is 4.43. The fourth-order valence-corrected chi connectivity index (χ4v) is 2.73. The van der Waals surface area contributed by atoms with Crippen LogP contribution in [0.3, 0.4) is 0 Å². The van der Waals surface area contributed by atoms with Gasteiger partial charge in [0, 0.05) is 6.04 Å². The fourth-order valence-electron chi connectivity index (χ4n) is 2.73.